The van der Waals surface area contributed by atoms with Crippen LogP contribution in [-0.4, -0.2) is 65.1 Å². The summed E-state index contributed by atoms with van der Waals surface area (Å²) in [5.74, 6) is -0.388. The average Bonchev–Trinajstić information content (AvgIpc) is 3.18. The minimum absolute atomic E-state index is 0.0294. The molecular formula is C18H22ClN5O3. The number of halogens is 1. The Morgan fingerprint density at radius 1 is 1.37 bits per heavy atom. The van der Waals surface area contributed by atoms with Crippen molar-refractivity contribution in [1.29, 1.82) is 0 Å². The molecule has 0 bridgehead atoms. The van der Waals surface area contributed by atoms with Crippen molar-refractivity contribution in [2.75, 3.05) is 33.4 Å². The second kappa shape index (κ2) is 8.96. The zero-order chi connectivity index (χ0) is 19.2. The normalized spacial score (nSPS) is 17.0. The lowest BCUT2D eigenvalue weighted by molar-refractivity contribution is 0.0671. The molecular weight excluding hydrogens is 370 g/mol. The first-order valence-corrected chi connectivity index (χ1v) is 9.20. The molecule has 2 amide bonds. The molecule has 3 rings (SSSR count). The predicted octanol–water partition coefficient (Wildman–Crippen LogP) is 1.78. The summed E-state index contributed by atoms with van der Waals surface area (Å²) in [6.45, 7) is 2.01. The number of carbonyl (C=O) groups is 2. The molecule has 1 unspecified atom stereocenters. The van der Waals surface area contributed by atoms with Crippen LogP contribution < -0.4 is 5.32 Å². The summed E-state index contributed by atoms with van der Waals surface area (Å²) in [5, 5.41) is 11.2. The SMILES string of the molecule is COCCNC(=O)c1cn(C2CCCN(C(=O)c3ccccc3Cl)C2)nn1. The Morgan fingerprint density at radius 2 is 2.19 bits per heavy atom. The molecule has 2 aromatic rings. The van der Waals surface area contributed by atoms with Crippen molar-refractivity contribution >= 4 is 23.4 Å². The molecule has 1 saturated heterocycles. The van der Waals surface area contributed by atoms with Crippen LogP contribution in [0.25, 0.3) is 0 Å². The lowest BCUT2D eigenvalue weighted by atomic mass is 10.0. The number of ether oxygens (including phenoxy) is 1. The highest BCUT2D eigenvalue weighted by Gasteiger charge is 2.27. The van der Waals surface area contributed by atoms with E-state index in [-0.39, 0.29) is 23.6 Å². The van der Waals surface area contributed by atoms with Crippen molar-refractivity contribution in [2.45, 2.75) is 18.9 Å². The van der Waals surface area contributed by atoms with Crippen LogP contribution in [0.4, 0.5) is 0 Å². The Labute approximate surface area is 162 Å². The van der Waals surface area contributed by atoms with Gasteiger partial charge in [0, 0.05) is 26.7 Å². The summed E-state index contributed by atoms with van der Waals surface area (Å²) in [7, 11) is 1.57. The number of rotatable bonds is 6. The van der Waals surface area contributed by atoms with Crippen LogP contribution in [0.15, 0.2) is 30.5 Å². The van der Waals surface area contributed by atoms with E-state index in [1.54, 1.807) is 47.2 Å². The molecule has 144 valence electrons. The van der Waals surface area contributed by atoms with Gasteiger partial charge in [0.25, 0.3) is 11.8 Å². The summed E-state index contributed by atoms with van der Waals surface area (Å²) in [5.41, 5.74) is 0.747. The molecule has 2 heterocycles. The van der Waals surface area contributed by atoms with Gasteiger partial charge in [0.05, 0.1) is 29.4 Å². The van der Waals surface area contributed by atoms with Gasteiger partial charge in [-0.15, -0.1) is 5.10 Å². The highest BCUT2D eigenvalue weighted by Crippen LogP contribution is 2.24. The van der Waals surface area contributed by atoms with Crippen LogP contribution in [0.5, 0.6) is 0 Å². The number of nitrogens with zero attached hydrogens (tertiary/aromatic N) is 4. The van der Waals surface area contributed by atoms with Crippen molar-refractivity contribution in [3.8, 4) is 0 Å². The first kappa shape index (κ1) is 19.3. The molecule has 1 aromatic heterocycles. The van der Waals surface area contributed by atoms with Crippen molar-refractivity contribution in [1.82, 2.24) is 25.2 Å². The number of benzene rings is 1. The maximum Gasteiger partial charge on any atom is 0.273 e. The van der Waals surface area contributed by atoms with Crippen LogP contribution in [-0.2, 0) is 4.74 Å². The van der Waals surface area contributed by atoms with Gasteiger partial charge in [0.15, 0.2) is 5.69 Å². The number of amides is 2. The maximum atomic E-state index is 12.8. The molecule has 0 spiro atoms. The van der Waals surface area contributed by atoms with Gasteiger partial charge in [-0.3, -0.25) is 9.59 Å². The summed E-state index contributed by atoms with van der Waals surface area (Å²) in [6.07, 6.45) is 3.33. The Hall–Kier alpha value is -2.45. The van der Waals surface area contributed by atoms with Gasteiger partial charge in [-0.1, -0.05) is 28.9 Å². The third-order valence-electron chi connectivity index (χ3n) is 4.50. The number of hydrogen-bond donors (Lipinski definition) is 1. The van der Waals surface area contributed by atoms with Gasteiger partial charge in [0.2, 0.25) is 0 Å². The van der Waals surface area contributed by atoms with Crippen molar-refractivity contribution in [3.05, 3.63) is 46.7 Å². The Balaban J connectivity index is 1.65. The largest absolute Gasteiger partial charge is 0.383 e. The standard InChI is InChI=1S/C18H22ClN5O3/c1-27-10-8-20-17(25)16-12-24(22-21-16)13-5-4-9-23(11-13)18(26)14-6-2-3-7-15(14)19/h2-3,6-7,12-13H,4-5,8-11H2,1H3,(H,20,25). The number of aromatic nitrogens is 3. The van der Waals surface area contributed by atoms with Crippen LogP contribution in [0.1, 0.15) is 39.7 Å². The van der Waals surface area contributed by atoms with Crippen LogP contribution in [0.2, 0.25) is 5.02 Å². The van der Waals surface area contributed by atoms with Gasteiger partial charge in [-0.05, 0) is 25.0 Å². The van der Waals surface area contributed by atoms with Crippen LogP contribution in [0.3, 0.4) is 0 Å². The van der Waals surface area contributed by atoms with E-state index in [9.17, 15) is 9.59 Å². The highest BCUT2D eigenvalue weighted by atomic mass is 35.5. The molecule has 0 radical (unpaired) electrons. The Bertz CT molecular complexity index is 810. The summed E-state index contributed by atoms with van der Waals surface area (Å²) in [4.78, 5) is 26.6. The summed E-state index contributed by atoms with van der Waals surface area (Å²) in [6, 6.07) is 7.01. The zero-order valence-electron chi connectivity index (χ0n) is 15.1. The smallest absolute Gasteiger partial charge is 0.273 e. The number of methoxy groups -OCH3 is 1. The molecule has 9 heteroatoms. The number of piperidine rings is 1. The second-order valence-corrected chi connectivity index (χ2v) is 6.77. The number of nitrogens with one attached hydrogen (secondary N) is 1. The zero-order valence-corrected chi connectivity index (χ0v) is 15.9. The quantitative estimate of drug-likeness (QED) is 0.758. The number of hydrogen-bond acceptors (Lipinski definition) is 5. The molecule has 0 aliphatic carbocycles. The third kappa shape index (κ3) is 4.64. The number of carbonyl (C=O) groups excluding carboxylic acids is 2. The number of likely N-dealkylation sites (tertiary alicyclic amines) is 1. The fourth-order valence-electron chi connectivity index (χ4n) is 3.08. The predicted molar refractivity (Wildman–Crippen MR) is 99.9 cm³/mol. The fraction of sp³-hybridized carbons (Fsp3) is 0.444. The minimum Gasteiger partial charge on any atom is -0.383 e. The molecule has 27 heavy (non-hydrogen) atoms. The van der Waals surface area contributed by atoms with Gasteiger partial charge in [-0.25, -0.2) is 4.68 Å². The molecule has 1 aromatic carbocycles. The van der Waals surface area contributed by atoms with Gasteiger partial charge < -0.3 is 15.0 Å². The van der Waals surface area contributed by atoms with E-state index in [0.29, 0.717) is 36.8 Å². The molecule has 1 atom stereocenters. The molecule has 1 fully saturated rings. The molecule has 8 nitrogen and oxygen atoms in total. The molecule has 1 aliphatic rings. The van der Waals surface area contributed by atoms with E-state index in [1.165, 1.54) is 0 Å². The monoisotopic (exact) mass is 391 g/mol. The maximum absolute atomic E-state index is 12.8. The summed E-state index contributed by atoms with van der Waals surface area (Å²) >= 11 is 6.15. The fourth-order valence-corrected chi connectivity index (χ4v) is 3.29. The molecule has 1 aliphatic heterocycles. The van der Waals surface area contributed by atoms with Crippen LogP contribution >= 0.6 is 11.6 Å². The minimum atomic E-state index is -0.293. The van der Waals surface area contributed by atoms with Gasteiger partial charge >= 0.3 is 0 Å². The van der Waals surface area contributed by atoms with Crippen molar-refractivity contribution < 1.29 is 14.3 Å². The van der Waals surface area contributed by atoms with Gasteiger partial charge in [0.1, 0.15) is 0 Å². The van der Waals surface area contributed by atoms with E-state index >= 15 is 0 Å². The second-order valence-electron chi connectivity index (χ2n) is 6.36. The van der Waals surface area contributed by atoms with Crippen molar-refractivity contribution in [2.24, 2.45) is 0 Å². The van der Waals surface area contributed by atoms with Gasteiger partial charge in [-0.2, -0.15) is 0 Å². The molecule has 0 saturated carbocycles. The lowest BCUT2D eigenvalue weighted by Gasteiger charge is -2.32. The Morgan fingerprint density at radius 3 is 2.96 bits per heavy atom. The van der Waals surface area contributed by atoms with E-state index in [4.69, 9.17) is 16.3 Å². The first-order valence-electron chi connectivity index (χ1n) is 8.83. The van der Waals surface area contributed by atoms with E-state index < -0.39 is 0 Å². The van der Waals surface area contributed by atoms with E-state index in [2.05, 4.69) is 15.6 Å². The van der Waals surface area contributed by atoms with Crippen LogP contribution in [0, 0.1) is 0 Å². The highest BCUT2D eigenvalue weighted by molar-refractivity contribution is 6.33. The first-order chi connectivity index (χ1) is 13.1. The van der Waals surface area contributed by atoms with Crippen molar-refractivity contribution in [3.63, 3.8) is 0 Å². The van der Waals surface area contributed by atoms with E-state index in [1.807, 2.05) is 0 Å². The molecule has 1 N–H and O–H groups in total. The third-order valence-corrected chi connectivity index (χ3v) is 4.83. The topological polar surface area (TPSA) is 89.4 Å². The summed E-state index contributed by atoms with van der Waals surface area (Å²) < 4.78 is 6.57. The average molecular weight is 392 g/mol. The lowest BCUT2D eigenvalue weighted by Crippen LogP contribution is -2.41. The Kier molecular flexibility index (Phi) is 6.41. The van der Waals surface area contributed by atoms with E-state index in [0.717, 1.165) is 12.8 Å².